The second-order valence-corrected chi connectivity index (χ2v) is 5.50. The summed E-state index contributed by atoms with van der Waals surface area (Å²) in [5.41, 5.74) is 5.05. The van der Waals surface area contributed by atoms with Crippen molar-refractivity contribution in [2.45, 2.75) is 32.3 Å². The van der Waals surface area contributed by atoms with Crippen molar-refractivity contribution in [3.05, 3.63) is 64.7 Å². The van der Waals surface area contributed by atoms with Crippen molar-refractivity contribution in [3.8, 4) is 0 Å². The number of hydrogen-bond donors (Lipinski definition) is 2. The van der Waals surface area contributed by atoms with E-state index in [1.165, 1.54) is 0 Å². The molecule has 108 valence electrons. The maximum atomic E-state index is 11.6. The molecule has 1 amide bonds. The molecule has 3 heteroatoms. The van der Waals surface area contributed by atoms with Crippen molar-refractivity contribution in [3.63, 3.8) is 0 Å². The molecule has 0 radical (unpaired) electrons. The Kier molecular flexibility index (Phi) is 3.76. The SMILES string of the molecule is CCc1cc(C(O)Cc2ccccc2)cc2c1NC(=O)C2. The van der Waals surface area contributed by atoms with Gasteiger partial charge < -0.3 is 10.4 Å². The van der Waals surface area contributed by atoms with Crippen LogP contribution in [0.1, 0.15) is 35.3 Å². The van der Waals surface area contributed by atoms with Gasteiger partial charge in [-0.15, -0.1) is 0 Å². The number of aliphatic hydroxyl groups excluding tert-OH is 1. The van der Waals surface area contributed by atoms with Gasteiger partial charge in [0.15, 0.2) is 0 Å². The van der Waals surface area contributed by atoms with Crippen molar-refractivity contribution in [1.29, 1.82) is 0 Å². The number of nitrogens with one attached hydrogen (secondary N) is 1. The van der Waals surface area contributed by atoms with E-state index in [9.17, 15) is 9.90 Å². The highest BCUT2D eigenvalue weighted by atomic mass is 16.3. The van der Waals surface area contributed by atoms with E-state index in [1.807, 2.05) is 42.5 Å². The van der Waals surface area contributed by atoms with Crippen molar-refractivity contribution < 1.29 is 9.90 Å². The lowest BCUT2D eigenvalue weighted by Gasteiger charge is -2.15. The van der Waals surface area contributed by atoms with E-state index in [2.05, 4.69) is 12.2 Å². The minimum Gasteiger partial charge on any atom is -0.388 e. The van der Waals surface area contributed by atoms with E-state index >= 15 is 0 Å². The van der Waals surface area contributed by atoms with Gasteiger partial charge >= 0.3 is 0 Å². The van der Waals surface area contributed by atoms with E-state index in [0.717, 1.165) is 34.4 Å². The molecule has 1 aliphatic heterocycles. The quantitative estimate of drug-likeness (QED) is 0.905. The van der Waals surface area contributed by atoms with Crippen LogP contribution in [0.2, 0.25) is 0 Å². The zero-order chi connectivity index (χ0) is 14.8. The third kappa shape index (κ3) is 2.83. The summed E-state index contributed by atoms with van der Waals surface area (Å²) in [6, 6.07) is 13.9. The first-order valence-electron chi connectivity index (χ1n) is 7.35. The van der Waals surface area contributed by atoms with E-state index < -0.39 is 6.10 Å². The molecule has 2 aromatic rings. The number of benzene rings is 2. The van der Waals surface area contributed by atoms with Crippen LogP contribution in [-0.4, -0.2) is 11.0 Å². The normalized spacial score (nSPS) is 14.7. The smallest absolute Gasteiger partial charge is 0.228 e. The lowest BCUT2D eigenvalue weighted by atomic mass is 9.95. The number of fused-ring (bicyclic) bond motifs is 1. The molecular weight excluding hydrogens is 262 g/mol. The van der Waals surface area contributed by atoms with Crippen LogP contribution < -0.4 is 5.32 Å². The van der Waals surface area contributed by atoms with E-state index in [-0.39, 0.29) is 5.91 Å². The predicted octanol–water partition coefficient (Wildman–Crippen LogP) is 3.02. The zero-order valence-corrected chi connectivity index (χ0v) is 12.1. The summed E-state index contributed by atoms with van der Waals surface area (Å²) in [6.45, 7) is 2.06. The van der Waals surface area contributed by atoms with Gasteiger partial charge in [0, 0.05) is 12.1 Å². The first-order chi connectivity index (χ1) is 10.2. The van der Waals surface area contributed by atoms with Crippen molar-refractivity contribution in [2.75, 3.05) is 5.32 Å². The van der Waals surface area contributed by atoms with Gasteiger partial charge in [0.1, 0.15) is 0 Å². The topological polar surface area (TPSA) is 49.3 Å². The summed E-state index contributed by atoms with van der Waals surface area (Å²) in [6.07, 6.45) is 1.30. The number of hydrogen-bond acceptors (Lipinski definition) is 2. The maximum Gasteiger partial charge on any atom is 0.228 e. The Morgan fingerprint density at radius 2 is 2.00 bits per heavy atom. The van der Waals surface area contributed by atoms with Crippen LogP contribution in [-0.2, 0) is 24.1 Å². The van der Waals surface area contributed by atoms with Crippen molar-refractivity contribution in [2.24, 2.45) is 0 Å². The molecule has 0 bridgehead atoms. The highest BCUT2D eigenvalue weighted by Crippen LogP contribution is 2.32. The third-order valence-corrected chi connectivity index (χ3v) is 3.98. The van der Waals surface area contributed by atoms with E-state index in [4.69, 9.17) is 0 Å². The third-order valence-electron chi connectivity index (χ3n) is 3.98. The monoisotopic (exact) mass is 281 g/mol. The van der Waals surface area contributed by atoms with Gasteiger partial charge in [-0.1, -0.05) is 49.4 Å². The molecule has 1 unspecified atom stereocenters. The summed E-state index contributed by atoms with van der Waals surface area (Å²) in [4.78, 5) is 11.6. The van der Waals surface area contributed by atoms with Crippen LogP contribution in [0.25, 0.3) is 0 Å². The second-order valence-electron chi connectivity index (χ2n) is 5.50. The Labute approximate surface area is 124 Å². The largest absolute Gasteiger partial charge is 0.388 e. The maximum absolute atomic E-state index is 11.6. The van der Waals surface area contributed by atoms with Crippen molar-refractivity contribution >= 4 is 11.6 Å². The Morgan fingerprint density at radius 1 is 1.24 bits per heavy atom. The van der Waals surface area contributed by atoms with Crippen LogP contribution in [0, 0.1) is 0 Å². The number of carbonyl (C=O) groups excluding carboxylic acids is 1. The molecule has 3 rings (SSSR count). The molecule has 2 N–H and O–H groups in total. The second kappa shape index (κ2) is 5.70. The van der Waals surface area contributed by atoms with Crippen LogP contribution in [0.4, 0.5) is 5.69 Å². The van der Waals surface area contributed by atoms with Gasteiger partial charge in [0.25, 0.3) is 0 Å². The van der Waals surface area contributed by atoms with Crippen LogP contribution in [0.5, 0.6) is 0 Å². The first kappa shape index (κ1) is 13.8. The molecule has 0 aromatic heterocycles. The zero-order valence-electron chi connectivity index (χ0n) is 12.1. The average molecular weight is 281 g/mol. The first-order valence-corrected chi connectivity index (χ1v) is 7.35. The van der Waals surface area contributed by atoms with Crippen LogP contribution >= 0.6 is 0 Å². The van der Waals surface area contributed by atoms with Gasteiger partial charge in [-0.2, -0.15) is 0 Å². The fourth-order valence-corrected chi connectivity index (χ4v) is 2.88. The molecule has 0 aliphatic carbocycles. The van der Waals surface area contributed by atoms with Crippen molar-refractivity contribution in [1.82, 2.24) is 0 Å². The molecule has 1 atom stereocenters. The molecule has 0 saturated heterocycles. The van der Waals surface area contributed by atoms with Gasteiger partial charge in [-0.3, -0.25) is 4.79 Å². The number of aliphatic hydroxyl groups is 1. The highest BCUT2D eigenvalue weighted by molar-refractivity contribution is 6.00. The summed E-state index contributed by atoms with van der Waals surface area (Å²) in [7, 11) is 0. The average Bonchev–Trinajstić information content (AvgIpc) is 2.87. The Bertz CT molecular complexity index is 664. The molecule has 21 heavy (non-hydrogen) atoms. The molecule has 0 spiro atoms. The number of anilines is 1. The van der Waals surface area contributed by atoms with Crippen LogP contribution in [0.3, 0.4) is 0 Å². The molecule has 2 aromatic carbocycles. The Hall–Kier alpha value is -2.13. The number of amides is 1. The fourth-order valence-electron chi connectivity index (χ4n) is 2.88. The lowest BCUT2D eigenvalue weighted by Crippen LogP contribution is -2.05. The predicted molar refractivity (Wildman–Crippen MR) is 83.3 cm³/mol. The number of carbonyl (C=O) groups is 1. The highest BCUT2D eigenvalue weighted by Gasteiger charge is 2.22. The molecular formula is C18H19NO2. The van der Waals surface area contributed by atoms with E-state index in [0.29, 0.717) is 12.8 Å². The molecule has 0 saturated carbocycles. The summed E-state index contributed by atoms with van der Waals surface area (Å²) in [5, 5.41) is 13.4. The Balaban J connectivity index is 1.89. The summed E-state index contributed by atoms with van der Waals surface area (Å²) in [5.74, 6) is 0.0365. The number of rotatable bonds is 4. The van der Waals surface area contributed by atoms with Gasteiger partial charge in [0.2, 0.25) is 5.91 Å². The van der Waals surface area contributed by atoms with Gasteiger partial charge in [-0.05, 0) is 28.7 Å². The fraction of sp³-hybridized carbons (Fsp3) is 0.278. The molecule has 0 fully saturated rings. The number of aryl methyl sites for hydroxylation is 1. The lowest BCUT2D eigenvalue weighted by molar-refractivity contribution is -0.115. The minimum absolute atomic E-state index is 0.0365. The standard InChI is InChI=1S/C18H19NO2/c1-2-13-9-14(10-15-11-17(21)19-18(13)15)16(20)8-12-6-4-3-5-7-12/h3-7,9-10,16,20H,2,8,11H2,1H3,(H,19,21). The Morgan fingerprint density at radius 3 is 2.71 bits per heavy atom. The minimum atomic E-state index is -0.543. The van der Waals surface area contributed by atoms with Gasteiger partial charge in [-0.25, -0.2) is 0 Å². The molecule has 1 heterocycles. The van der Waals surface area contributed by atoms with E-state index in [1.54, 1.807) is 0 Å². The summed E-state index contributed by atoms with van der Waals surface area (Å²) >= 11 is 0. The molecule has 3 nitrogen and oxygen atoms in total. The van der Waals surface area contributed by atoms with Crippen LogP contribution in [0.15, 0.2) is 42.5 Å². The van der Waals surface area contributed by atoms with Gasteiger partial charge in [0.05, 0.1) is 12.5 Å². The molecule has 1 aliphatic rings. The summed E-state index contributed by atoms with van der Waals surface area (Å²) < 4.78 is 0.